The standard InChI is InChI=1S/C15H16BrFN2OS/c1-9(2)12-6-7-13(18-15(12)17)14(19-21-20)10-4-3-5-11(16)8-10/h3-9,14,21H,1-2H3,(H,19,20)/t14-/m0/s1. The van der Waals surface area contributed by atoms with Gasteiger partial charge in [-0.25, -0.2) is 13.9 Å². The number of rotatable bonds is 5. The van der Waals surface area contributed by atoms with Gasteiger partial charge >= 0.3 is 0 Å². The van der Waals surface area contributed by atoms with Crippen LogP contribution in [0.15, 0.2) is 40.9 Å². The highest BCUT2D eigenvalue weighted by Gasteiger charge is 2.18. The zero-order chi connectivity index (χ0) is 15.4. The first-order chi connectivity index (χ1) is 10.0. The lowest BCUT2D eigenvalue weighted by atomic mass is 10.0. The molecule has 0 amide bonds. The van der Waals surface area contributed by atoms with Gasteiger partial charge in [0, 0.05) is 10.0 Å². The summed E-state index contributed by atoms with van der Waals surface area (Å²) in [5.74, 6) is -0.409. The number of benzene rings is 1. The second-order valence-electron chi connectivity index (χ2n) is 4.98. The van der Waals surface area contributed by atoms with E-state index in [9.17, 15) is 8.60 Å². The van der Waals surface area contributed by atoms with Gasteiger partial charge in [0.05, 0.1) is 23.6 Å². The van der Waals surface area contributed by atoms with Crippen molar-refractivity contribution in [2.24, 2.45) is 0 Å². The molecule has 2 aromatic rings. The fraction of sp³-hybridized carbons (Fsp3) is 0.267. The van der Waals surface area contributed by atoms with Crippen LogP contribution in [-0.2, 0) is 11.9 Å². The van der Waals surface area contributed by atoms with Gasteiger partial charge in [-0.05, 0) is 29.7 Å². The highest BCUT2D eigenvalue weighted by Crippen LogP contribution is 2.25. The number of halogens is 2. The molecule has 1 aromatic heterocycles. The monoisotopic (exact) mass is 370 g/mol. The van der Waals surface area contributed by atoms with Crippen molar-refractivity contribution in [3.63, 3.8) is 0 Å². The fourth-order valence-electron chi connectivity index (χ4n) is 2.10. The maximum atomic E-state index is 14.1. The molecule has 0 fully saturated rings. The topological polar surface area (TPSA) is 42.0 Å². The Bertz CT molecular complexity index is 651. The first-order valence-corrected chi connectivity index (χ1v) is 8.13. The number of hydrogen-bond donors (Lipinski definition) is 2. The Hall–Kier alpha value is -1.11. The Morgan fingerprint density at radius 1 is 1.29 bits per heavy atom. The van der Waals surface area contributed by atoms with Crippen LogP contribution in [0, 0.1) is 5.95 Å². The first kappa shape index (κ1) is 16.3. The van der Waals surface area contributed by atoms with E-state index in [0.29, 0.717) is 11.3 Å². The van der Waals surface area contributed by atoms with Crippen molar-refractivity contribution in [1.82, 2.24) is 9.71 Å². The largest absolute Gasteiger partial charge is 0.246 e. The van der Waals surface area contributed by atoms with E-state index in [1.54, 1.807) is 12.1 Å². The lowest BCUT2D eigenvalue weighted by Gasteiger charge is -2.17. The van der Waals surface area contributed by atoms with Gasteiger partial charge in [0.25, 0.3) is 0 Å². The molecule has 3 nitrogen and oxygen atoms in total. The Kier molecular flexibility index (Phi) is 5.61. The van der Waals surface area contributed by atoms with E-state index < -0.39 is 12.0 Å². The van der Waals surface area contributed by atoms with E-state index in [0.717, 1.165) is 10.0 Å². The van der Waals surface area contributed by atoms with E-state index in [-0.39, 0.29) is 17.8 Å². The van der Waals surface area contributed by atoms with E-state index in [4.69, 9.17) is 0 Å². The number of nitrogens with zero attached hydrogens (tertiary/aromatic N) is 1. The molecule has 0 aliphatic heterocycles. The smallest absolute Gasteiger partial charge is 0.216 e. The number of hydrogen-bond acceptors (Lipinski definition) is 2. The predicted octanol–water partition coefficient (Wildman–Crippen LogP) is 3.65. The summed E-state index contributed by atoms with van der Waals surface area (Å²) in [5.41, 5.74) is 1.93. The molecule has 112 valence electrons. The molecule has 0 spiro atoms. The molecule has 6 heteroatoms. The third-order valence-corrected chi connectivity index (χ3v) is 4.04. The van der Waals surface area contributed by atoms with Crippen LogP contribution in [0.2, 0.25) is 0 Å². The van der Waals surface area contributed by atoms with Gasteiger partial charge in [-0.2, -0.15) is 4.39 Å². The van der Waals surface area contributed by atoms with Crippen molar-refractivity contribution in [2.45, 2.75) is 25.8 Å². The number of thiol groups is 1. The van der Waals surface area contributed by atoms with Gasteiger partial charge in [-0.3, -0.25) is 0 Å². The van der Waals surface area contributed by atoms with Crippen LogP contribution < -0.4 is 4.72 Å². The van der Waals surface area contributed by atoms with Crippen molar-refractivity contribution in [3.8, 4) is 0 Å². The van der Waals surface area contributed by atoms with Crippen molar-refractivity contribution >= 4 is 27.8 Å². The molecule has 0 aliphatic carbocycles. The summed E-state index contributed by atoms with van der Waals surface area (Å²) in [6.07, 6.45) is 0. The summed E-state index contributed by atoms with van der Waals surface area (Å²) in [7, 11) is 0. The van der Waals surface area contributed by atoms with E-state index in [1.165, 1.54) is 0 Å². The second-order valence-corrected chi connectivity index (χ2v) is 6.34. The molecule has 1 N–H and O–H groups in total. The molecule has 0 bridgehead atoms. The van der Waals surface area contributed by atoms with Gasteiger partial charge in [0.1, 0.15) is 0 Å². The van der Waals surface area contributed by atoms with Gasteiger partial charge < -0.3 is 0 Å². The molecule has 1 heterocycles. The molecule has 0 saturated heterocycles. The summed E-state index contributed by atoms with van der Waals surface area (Å²) < 4.78 is 28.7. The summed E-state index contributed by atoms with van der Waals surface area (Å²) >= 11 is 3.17. The molecule has 1 aromatic carbocycles. The quantitative estimate of drug-likeness (QED) is 0.623. The van der Waals surface area contributed by atoms with Crippen molar-refractivity contribution < 1.29 is 8.60 Å². The average molecular weight is 371 g/mol. The van der Waals surface area contributed by atoms with Gasteiger partial charge in [0.15, 0.2) is 0 Å². The highest BCUT2D eigenvalue weighted by molar-refractivity contribution is 9.10. The van der Waals surface area contributed by atoms with E-state index in [1.807, 2.05) is 38.1 Å². The minimum atomic E-state index is -0.480. The van der Waals surface area contributed by atoms with Crippen LogP contribution in [0.1, 0.15) is 42.6 Å². The molecule has 1 atom stereocenters. The van der Waals surface area contributed by atoms with Gasteiger partial charge in [-0.1, -0.05) is 48.0 Å². The minimum Gasteiger partial charge on any atom is -0.246 e. The normalized spacial score (nSPS) is 12.6. The summed E-state index contributed by atoms with van der Waals surface area (Å²) in [6.45, 7) is 3.83. The van der Waals surface area contributed by atoms with Crippen LogP contribution >= 0.6 is 15.9 Å². The minimum absolute atomic E-state index is 0.0708. The van der Waals surface area contributed by atoms with E-state index in [2.05, 4.69) is 25.6 Å². The molecule has 2 rings (SSSR count). The second kappa shape index (κ2) is 7.24. The zero-order valence-corrected chi connectivity index (χ0v) is 14.2. The Labute approximate surface area is 135 Å². The highest BCUT2D eigenvalue weighted by atomic mass is 79.9. The lowest BCUT2D eigenvalue weighted by Crippen LogP contribution is -2.20. The summed E-state index contributed by atoms with van der Waals surface area (Å²) in [4.78, 5) is 4.03. The first-order valence-electron chi connectivity index (χ1n) is 6.52. The predicted molar refractivity (Wildman–Crippen MR) is 86.9 cm³/mol. The third kappa shape index (κ3) is 3.96. The van der Waals surface area contributed by atoms with Crippen LogP contribution in [0.5, 0.6) is 0 Å². The Morgan fingerprint density at radius 2 is 2.05 bits per heavy atom. The maximum absolute atomic E-state index is 14.1. The summed E-state index contributed by atoms with van der Waals surface area (Å²) in [5, 5.41) is 0. The number of pyridine rings is 1. The Morgan fingerprint density at radius 3 is 2.62 bits per heavy atom. The molecule has 0 unspecified atom stereocenters. The molecule has 0 radical (unpaired) electrons. The van der Waals surface area contributed by atoms with Crippen LogP contribution in [0.25, 0.3) is 0 Å². The van der Waals surface area contributed by atoms with Gasteiger partial charge in [0.2, 0.25) is 5.95 Å². The maximum Gasteiger partial charge on any atom is 0.216 e. The van der Waals surface area contributed by atoms with E-state index >= 15 is 0 Å². The van der Waals surface area contributed by atoms with Crippen molar-refractivity contribution in [1.29, 1.82) is 0 Å². The third-order valence-electron chi connectivity index (χ3n) is 3.18. The molecular formula is C15H16BrFN2OS. The molecule has 21 heavy (non-hydrogen) atoms. The molecule has 0 saturated carbocycles. The zero-order valence-electron chi connectivity index (χ0n) is 11.7. The van der Waals surface area contributed by atoms with Gasteiger partial charge in [-0.15, -0.1) is 0 Å². The molecule has 0 aliphatic rings. The average Bonchev–Trinajstić information content (AvgIpc) is 2.44. The van der Waals surface area contributed by atoms with Crippen LogP contribution in [0.4, 0.5) is 4.39 Å². The fourth-order valence-corrected chi connectivity index (χ4v) is 2.90. The lowest BCUT2D eigenvalue weighted by molar-refractivity contribution is 0.544. The van der Waals surface area contributed by atoms with Crippen LogP contribution in [-0.4, -0.2) is 9.19 Å². The molecular weight excluding hydrogens is 355 g/mol. The SMILES string of the molecule is CC(C)c1ccc([C@@H](N[SH]=O)c2cccc(Br)c2)nc1F. The van der Waals surface area contributed by atoms with Crippen molar-refractivity contribution in [2.75, 3.05) is 0 Å². The number of aromatic nitrogens is 1. The summed E-state index contributed by atoms with van der Waals surface area (Å²) in [6, 6.07) is 10.6. The Balaban J connectivity index is 2.43. The van der Waals surface area contributed by atoms with Crippen LogP contribution in [0.3, 0.4) is 0 Å². The number of nitrogens with one attached hydrogen (secondary N) is 1. The van der Waals surface area contributed by atoms with Crippen molar-refractivity contribution in [3.05, 3.63) is 63.6 Å².